The van der Waals surface area contributed by atoms with Gasteiger partial charge in [-0.15, -0.1) is 0 Å². The maximum absolute atomic E-state index is 12.2. The molecule has 144 valence electrons. The lowest BCUT2D eigenvalue weighted by Gasteiger charge is -2.30. The molecule has 0 aromatic carbocycles. The molecule has 3 aliphatic rings. The van der Waals surface area contributed by atoms with Crippen LogP contribution < -0.4 is 5.73 Å². The van der Waals surface area contributed by atoms with Crippen molar-refractivity contribution in [1.29, 1.82) is 0 Å². The van der Waals surface area contributed by atoms with E-state index in [0.29, 0.717) is 32.5 Å². The number of piperidine rings is 1. The van der Waals surface area contributed by atoms with Crippen LogP contribution in [0, 0.1) is 11.8 Å². The molecule has 26 heavy (non-hydrogen) atoms. The van der Waals surface area contributed by atoms with E-state index in [9.17, 15) is 19.2 Å². The van der Waals surface area contributed by atoms with Crippen molar-refractivity contribution >= 4 is 23.7 Å². The number of likely N-dealkylation sites (tertiary alicyclic amines) is 2. The average Bonchev–Trinajstić information content (AvgIpc) is 3.28. The van der Waals surface area contributed by atoms with Crippen molar-refractivity contribution in [1.82, 2.24) is 9.80 Å². The summed E-state index contributed by atoms with van der Waals surface area (Å²) in [6.45, 7) is 0.984. The predicted molar refractivity (Wildman–Crippen MR) is 91.5 cm³/mol. The zero-order valence-electron chi connectivity index (χ0n) is 15.0. The fourth-order valence-electron chi connectivity index (χ4n) is 4.21. The number of carbonyl (C=O) groups is 4. The Kier molecular flexibility index (Phi) is 5.78. The van der Waals surface area contributed by atoms with Crippen LogP contribution in [0.2, 0.25) is 0 Å². The van der Waals surface area contributed by atoms with Gasteiger partial charge in [-0.2, -0.15) is 0 Å². The molecule has 2 aliphatic heterocycles. The lowest BCUT2D eigenvalue weighted by Crippen LogP contribution is -2.43. The molecule has 0 aromatic heterocycles. The number of hydrogen-bond acceptors (Lipinski definition) is 5. The van der Waals surface area contributed by atoms with Crippen LogP contribution in [0.3, 0.4) is 0 Å². The number of rotatable bonds is 5. The average molecular weight is 365 g/mol. The Labute approximate surface area is 153 Å². The molecule has 8 nitrogen and oxygen atoms in total. The summed E-state index contributed by atoms with van der Waals surface area (Å²) >= 11 is 0. The van der Waals surface area contributed by atoms with Crippen molar-refractivity contribution < 1.29 is 23.9 Å². The zero-order valence-corrected chi connectivity index (χ0v) is 15.0. The van der Waals surface area contributed by atoms with Crippen LogP contribution in [0.4, 0.5) is 0 Å². The lowest BCUT2D eigenvalue weighted by molar-refractivity contribution is -0.155. The fourth-order valence-corrected chi connectivity index (χ4v) is 4.21. The van der Waals surface area contributed by atoms with E-state index in [4.69, 9.17) is 10.5 Å². The molecule has 0 unspecified atom stereocenters. The number of nitrogens with zero attached hydrogens (tertiary/aromatic N) is 2. The highest BCUT2D eigenvalue weighted by atomic mass is 16.5. The minimum atomic E-state index is -0.475. The molecule has 2 N–H and O–H groups in total. The molecule has 3 amide bonds. The first-order valence-corrected chi connectivity index (χ1v) is 9.49. The first-order chi connectivity index (χ1) is 12.5. The number of esters is 1. The predicted octanol–water partition coefficient (Wildman–Crippen LogP) is 0.0446. The Bertz CT molecular complexity index is 579. The Morgan fingerprint density at radius 2 is 1.69 bits per heavy atom. The molecular weight excluding hydrogens is 338 g/mol. The van der Waals surface area contributed by atoms with Gasteiger partial charge < -0.3 is 20.3 Å². The molecule has 1 aliphatic carbocycles. The lowest BCUT2D eigenvalue weighted by atomic mass is 9.96. The fraction of sp³-hybridized carbons (Fsp3) is 0.778. The summed E-state index contributed by atoms with van der Waals surface area (Å²) in [4.78, 5) is 51.2. The Balaban J connectivity index is 1.42. The molecule has 0 bridgehead atoms. The highest BCUT2D eigenvalue weighted by Gasteiger charge is 2.39. The van der Waals surface area contributed by atoms with Crippen molar-refractivity contribution in [3.63, 3.8) is 0 Å². The molecule has 1 saturated carbocycles. The van der Waals surface area contributed by atoms with Gasteiger partial charge in [0, 0.05) is 38.0 Å². The highest BCUT2D eigenvalue weighted by Crippen LogP contribution is 2.29. The topological polar surface area (TPSA) is 110 Å². The summed E-state index contributed by atoms with van der Waals surface area (Å²) in [7, 11) is 0. The molecule has 0 radical (unpaired) electrons. The van der Waals surface area contributed by atoms with Gasteiger partial charge >= 0.3 is 5.97 Å². The number of hydrogen-bond donors (Lipinski definition) is 1. The van der Waals surface area contributed by atoms with E-state index in [1.165, 1.54) is 0 Å². The van der Waals surface area contributed by atoms with Gasteiger partial charge in [0.1, 0.15) is 0 Å². The SMILES string of the molecule is NC(=O)C1CCN(C(=O)COC(=O)[C@H]2CC(=O)N(C3CCCC3)C2)CC1. The van der Waals surface area contributed by atoms with E-state index in [1.807, 2.05) is 4.90 Å². The normalized spacial score (nSPS) is 24.9. The largest absolute Gasteiger partial charge is 0.455 e. The van der Waals surface area contributed by atoms with Gasteiger partial charge in [0.25, 0.3) is 5.91 Å². The summed E-state index contributed by atoms with van der Waals surface area (Å²) in [5.74, 6) is -1.72. The van der Waals surface area contributed by atoms with Crippen molar-refractivity contribution in [3.05, 3.63) is 0 Å². The third-order valence-electron chi connectivity index (χ3n) is 5.85. The summed E-state index contributed by atoms with van der Waals surface area (Å²) in [5.41, 5.74) is 5.28. The summed E-state index contributed by atoms with van der Waals surface area (Å²) in [6, 6.07) is 0.258. The van der Waals surface area contributed by atoms with Crippen molar-refractivity contribution in [2.45, 2.75) is 51.0 Å². The number of nitrogens with two attached hydrogens (primary N) is 1. The monoisotopic (exact) mass is 365 g/mol. The third-order valence-corrected chi connectivity index (χ3v) is 5.85. The Morgan fingerprint density at radius 3 is 2.31 bits per heavy atom. The molecule has 3 rings (SSSR count). The van der Waals surface area contributed by atoms with Crippen LogP contribution in [0.25, 0.3) is 0 Å². The Hall–Kier alpha value is -2.12. The standard InChI is InChI=1S/C18H27N3O5/c19-17(24)12-5-7-20(8-6-12)16(23)11-26-18(25)13-9-15(22)21(10-13)14-3-1-2-4-14/h12-14H,1-11H2,(H2,19,24)/t13-/m0/s1. The van der Waals surface area contributed by atoms with Crippen LogP contribution in [-0.4, -0.2) is 65.8 Å². The van der Waals surface area contributed by atoms with Gasteiger partial charge in [0.15, 0.2) is 6.61 Å². The molecule has 3 fully saturated rings. The third kappa shape index (κ3) is 4.16. The van der Waals surface area contributed by atoms with Crippen LogP contribution in [0.5, 0.6) is 0 Å². The number of amides is 3. The maximum Gasteiger partial charge on any atom is 0.311 e. The van der Waals surface area contributed by atoms with Crippen LogP contribution >= 0.6 is 0 Å². The highest BCUT2D eigenvalue weighted by molar-refractivity contribution is 5.88. The van der Waals surface area contributed by atoms with Crippen LogP contribution in [0.1, 0.15) is 44.9 Å². The minimum Gasteiger partial charge on any atom is -0.455 e. The first-order valence-electron chi connectivity index (χ1n) is 9.49. The molecule has 8 heteroatoms. The smallest absolute Gasteiger partial charge is 0.311 e. The van der Waals surface area contributed by atoms with E-state index >= 15 is 0 Å². The molecule has 2 heterocycles. The molecule has 1 atom stereocenters. The van der Waals surface area contributed by atoms with Crippen molar-refractivity contribution in [3.8, 4) is 0 Å². The van der Waals surface area contributed by atoms with E-state index in [-0.39, 0.29) is 42.7 Å². The van der Waals surface area contributed by atoms with E-state index in [0.717, 1.165) is 25.7 Å². The molecule has 0 spiro atoms. The maximum atomic E-state index is 12.2. The summed E-state index contributed by atoms with van der Waals surface area (Å²) < 4.78 is 5.17. The van der Waals surface area contributed by atoms with Gasteiger partial charge in [-0.05, 0) is 25.7 Å². The number of primary amides is 1. The van der Waals surface area contributed by atoms with Gasteiger partial charge in [-0.3, -0.25) is 19.2 Å². The van der Waals surface area contributed by atoms with E-state index in [1.54, 1.807) is 4.90 Å². The minimum absolute atomic E-state index is 0.0127. The van der Waals surface area contributed by atoms with E-state index < -0.39 is 11.9 Å². The van der Waals surface area contributed by atoms with Gasteiger partial charge in [0.2, 0.25) is 11.8 Å². The second-order valence-electron chi connectivity index (χ2n) is 7.55. The van der Waals surface area contributed by atoms with Gasteiger partial charge in [-0.25, -0.2) is 0 Å². The quantitative estimate of drug-likeness (QED) is 0.692. The van der Waals surface area contributed by atoms with Gasteiger partial charge in [0.05, 0.1) is 5.92 Å². The van der Waals surface area contributed by atoms with Gasteiger partial charge in [-0.1, -0.05) is 12.8 Å². The summed E-state index contributed by atoms with van der Waals surface area (Å²) in [5, 5.41) is 0. The summed E-state index contributed by atoms with van der Waals surface area (Å²) in [6.07, 6.45) is 5.54. The second-order valence-corrected chi connectivity index (χ2v) is 7.55. The number of carbonyl (C=O) groups excluding carboxylic acids is 4. The zero-order chi connectivity index (χ0) is 18.7. The first kappa shape index (κ1) is 18.7. The number of ether oxygens (including phenoxy) is 1. The van der Waals surface area contributed by atoms with Crippen molar-refractivity contribution in [2.75, 3.05) is 26.2 Å². The van der Waals surface area contributed by atoms with E-state index in [2.05, 4.69) is 0 Å². The van der Waals surface area contributed by atoms with Crippen LogP contribution in [-0.2, 0) is 23.9 Å². The van der Waals surface area contributed by atoms with Crippen molar-refractivity contribution in [2.24, 2.45) is 17.6 Å². The second kappa shape index (κ2) is 8.05. The van der Waals surface area contributed by atoms with Crippen LogP contribution in [0.15, 0.2) is 0 Å². The molecule has 0 aromatic rings. The Morgan fingerprint density at radius 1 is 1.04 bits per heavy atom. The molecular formula is C18H27N3O5. The molecule has 2 saturated heterocycles.